The van der Waals surface area contributed by atoms with E-state index in [4.69, 9.17) is 0 Å². The fourth-order valence-electron chi connectivity index (χ4n) is 4.20. The first-order chi connectivity index (χ1) is 15.0. The first-order valence-corrected chi connectivity index (χ1v) is 11.3. The predicted octanol–water partition coefficient (Wildman–Crippen LogP) is 4.32. The van der Waals surface area contributed by atoms with Crippen molar-refractivity contribution in [2.45, 2.75) is 64.3 Å². The lowest BCUT2D eigenvalue weighted by Gasteiger charge is -2.11. The molecular weight excluding hydrogens is 393 g/mol. The number of hydrogen-bond acceptors (Lipinski definition) is 3. The molecule has 5 nitrogen and oxygen atoms in total. The zero-order valence-electron chi connectivity index (χ0n) is 18.0. The molecular formula is C25H30FN3O2. The maximum Gasteiger partial charge on any atom is 0.252 e. The van der Waals surface area contributed by atoms with Gasteiger partial charge in [-0.3, -0.25) is 14.6 Å². The van der Waals surface area contributed by atoms with Gasteiger partial charge < -0.3 is 10.6 Å². The summed E-state index contributed by atoms with van der Waals surface area (Å²) >= 11 is 0. The minimum atomic E-state index is -0.392. The van der Waals surface area contributed by atoms with E-state index in [2.05, 4.69) is 15.6 Å². The monoisotopic (exact) mass is 423 g/mol. The summed E-state index contributed by atoms with van der Waals surface area (Å²) in [4.78, 5) is 29.1. The van der Waals surface area contributed by atoms with Gasteiger partial charge in [-0.2, -0.15) is 0 Å². The molecule has 0 atom stereocenters. The molecule has 2 N–H and O–H groups in total. The molecule has 4 rings (SSSR count). The Kier molecular flexibility index (Phi) is 6.64. The number of amides is 2. The van der Waals surface area contributed by atoms with Crippen LogP contribution in [0.4, 0.5) is 4.39 Å². The average molecular weight is 424 g/mol. The fraction of sp³-hybridized carbons (Fsp3) is 0.480. The number of pyridine rings is 1. The molecule has 1 aromatic heterocycles. The van der Waals surface area contributed by atoms with Crippen LogP contribution in [0.25, 0.3) is 0 Å². The van der Waals surface area contributed by atoms with Gasteiger partial charge in [0.25, 0.3) is 11.8 Å². The lowest BCUT2D eigenvalue weighted by Crippen LogP contribution is -2.26. The molecule has 164 valence electrons. The highest BCUT2D eigenvalue weighted by Crippen LogP contribution is 2.27. The maximum absolute atomic E-state index is 14.4. The summed E-state index contributed by atoms with van der Waals surface area (Å²) in [6, 6.07) is 6.80. The molecule has 2 saturated carbocycles. The normalized spacial score (nSPS) is 16.3. The van der Waals surface area contributed by atoms with Crippen LogP contribution in [0.3, 0.4) is 0 Å². The standard InChI is InChI=1S/C25H30FN3O2/c1-16-19(12-20(14-23(16)26)25(31)29-21-8-9-21)13-22-7-6-18(15-28-22)24(30)27-11-10-17-4-2-3-5-17/h6-7,12,14-15,17,21H,2-5,8-11,13H2,1H3,(H,27,30)(H,29,31). The first kappa shape index (κ1) is 21.5. The molecule has 31 heavy (non-hydrogen) atoms. The van der Waals surface area contributed by atoms with Gasteiger partial charge in [0, 0.05) is 36.5 Å². The molecule has 6 heteroatoms. The topological polar surface area (TPSA) is 71.1 Å². The summed E-state index contributed by atoms with van der Waals surface area (Å²) in [7, 11) is 0. The second-order valence-corrected chi connectivity index (χ2v) is 8.90. The van der Waals surface area contributed by atoms with E-state index in [1.165, 1.54) is 31.7 Å². The fourth-order valence-corrected chi connectivity index (χ4v) is 4.20. The molecule has 0 unspecified atom stereocenters. The third-order valence-corrected chi connectivity index (χ3v) is 6.40. The summed E-state index contributed by atoms with van der Waals surface area (Å²) in [6.07, 6.45) is 10.1. The van der Waals surface area contributed by atoms with Crippen LogP contribution in [0.1, 0.15) is 82.5 Å². The van der Waals surface area contributed by atoms with E-state index in [0.29, 0.717) is 29.7 Å². The second kappa shape index (κ2) is 9.58. The number of aromatic nitrogens is 1. The molecule has 2 aliphatic rings. The van der Waals surface area contributed by atoms with Crippen molar-refractivity contribution in [2.24, 2.45) is 5.92 Å². The van der Waals surface area contributed by atoms with Crippen molar-refractivity contribution in [3.05, 3.63) is 64.2 Å². The van der Waals surface area contributed by atoms with Crippen LogP contribution < -0.4 is 10.6 Å². The Labute approximate surface area is 182 Å². The third kappa shape index (κ3) is 5.69. The molecule has 2 amide bonds. The van der Waals surface area contributed by atoms with E-state index in [-0.39, 0.29) is 17.9 Å². The highest BCUT2D eigenvalue weighted by Gasteiger charge is 2.24. The molecule has 2 aromatic rings. The van der Waals surface area contributed by atoms with Crippen molar-refractivity contribution in [2.75, 3.05) is 6.54 Å². The smallest absolute Gasteiger partial charge is 0.252 e. The minimum Gasteiger partial charge on any atom is -0.352 e. The molecule has 2 fully saturated rings. The molecule has 0 bridgehead atoms. The molecule has 1 aromatic carbocycles. The van der Waals surface area contributed by atoms with Crippen molar-refractivity contribution in [1.82, 2.24) is 15.6 Å². The summed E-state index contributed by atoms with van der Waals surface area (Å²) < 4.78 is 14.4. The van der Waals surface area contributed by atoms with Crippen LogP contribution in [-0.2, 0) is 6.42 Å². The average Bonchev–Trinajstić information content (AvgIpc) is 3.42. The van der Waals surface area contributed by atoms with E-state index in [1.807, 2.05) is 0 Å². The summed E-state index contributed by atoms with van der Waals surface area (Å²) in [5, 5.41) is 5.88. The number of carbonyl (C=O) groups excluding carboxylic acids is 2. The lowest BCUT2D eigenvalue weighted by molar-refractivity contribution is 0.0942. The number of benzene rings is 1. The van der Waals surface area contributed by atoms with Crippen molar-refractivity contribution in [1.29, 1.82) is 0 Å². The zero-order valence-corrected chi connectivity index (χ0v) is 18.0. The summed E-state index contributed by atoms with van der Waals surface area (Å²) in [5.41, 5.74) is 2.82. The summed E-state index contributed by atoms with van der Waals surface area (Å²) in [5.74, 6) is 0.00140. The number of carbonyl (C=O) groups is 2. The first-order valence-electron chi connectivity index (χ1n) is 11.3. The van der Waals surface area contributed by atoms with E-state index < -0.39 is 5.82 Å². The predicted molar refractivity (Wildman–Crippen MR) is 118 cm³/mol. The van der Waals surface area contributed by atoms with Gasteiger partial charge in [0.15, 0.2) is 0 Å². The van der Waals surface area contributed by atoms with Crippen molar-refractivity contribution in [3.8, 4) is 0 Å². The van der Waals surface area contributed by atoms with E-state index >= 15 is 0 Å². The largest absolute Gasteiger partial charge is 0.352 e. The van der Waals surface area contributed by atoms with Crippen LogP contribution >= 0.6 is 0 Å². The van der Waals surface area contributed by atoms with Crippen LogP contribution in [-0.4, -0.2) is 29.4 Å². The number of rotatable bonds is 8. The number of hydrogen-bond donors (Lipinski definition) is 2. The van der Waals surface area contributed by atoms with Gasteiger partial charge in [0.2, 0.25) is 0 Å². The Hall–Kier alpha value is -2.76. The number of nitrogens with one attached hydrogen (secondary N) is 2. The van der Waals surface area contributed by atoms with Gasteiger partial charge in [0.05, 0.1) is 5.56 Å². The van der Waals surface area contributed by atoms with E-state index in [9.17, 15) is 14.0 Å². The molecule has 0 aliphatic heterocycles. The highest BCUT2D eigenvalue weighted by molar-refractivity contribution is 5.95. The zero-order chi connectivity index (χ0) is 21.8. The molecule has 1 heterocycles. The molecule has 0 radical (unpaired) electrons. The highest BCUT2D eigenvalue weighted by atomic mass is 19.1. The minimum absolute atomic E-state index is 0.113. The van der Waals surface area contributed by atoms with Crippen LogP contribution in [0.5, 0.6) is 0 Å². The van der Waals surface area contributed by atoms with Crippen LogP contribution in [0.2, 0.25) is 0 Å². The van der Waals surface area contributed by atoms with Gasteiger partial charge >= 0.3 is 0 Å². The van der Waals surface area contributed by atoms with Gasteiger partial charge in [-0.05, 0) is 67.5 Å². The maximum atomic E-state index is 14.4. The quantitative estimate of drug-likeness (QED) is 0.664. The van der Waals surface area contributed by atoms with Crippen LogP contribution in [0, 0.1) is 18.7 Å². The third-order valence-electron chi connectivity index (χ3n) is 6.40. The van der Waals surface area contributed by atoms with E-state index in [1.54, 1.807) is 31.3 Å². The van der Waals surface area contributed by atoms with E-state index in [0.717, 1.165) is 36.4 Å². The Morgan fingerprint density at radius 1 is 1.06 bits per heavy atom. The van der Waals surface area contributed by atoms with Gasteiger partial charge in [-0.15, -0.1) is 0 Å². The Balaban J connectivity index is 1.37. The SMILES string of the molecule is Cc1c(F)cc(C(=O)NC2CC2)cc1Cc1ccc(C(=O)NCCC2CCCC2)cn1. The Bertz CT molecular complexity index is 948. The molecule has 0 saturated heterocycles. The van der Waals surface area contributed by atoms with Crippen LogP contribution in [0.15, 0.2) is 30.5 Å². The van der Waals surface area contributed by atoms with Crippen molar-refractivity contribution in [3.63, 3.8) is 0 Å². The molecule has 0 spiro atoms. The number of nitrogens with zero attached hydrogens (tertiary/aromatic N) is 1. The number of halogens is 1. The lowest BCUT2D eigenvalue weighted by atomic mass is 9.99. The Morgan fingerprint density at radius 2 is 1.84 bits per heavy atom. The van der Waals surface area contributed by atoms with Crippen molar-refractivity contribution < 1.29 is 14.0 Å². The summed E-state index contributed by atoms with van der Waals surface area (Å²) in [6.45, 7) is 2.40. The molecule has 2 aliphatic carbocycles. The van der Waals surface area contributed by atoms with Gasteiger partial charge in [-0.1, -0.05) is 25.7 Å². The second-order valence-electron chi connectivity index (χ2n) is 8.90. The van der Waals surface area contributed by atoms with Gasteiger partial charge in [0.1, 0.15) is 5.82 Å². The Morgan fingerprint density at radius 3 is 2.52 bits per heavy atom. The van der Waals surface area contributed by atoms with Crippen molar-refractivity contribution >= 4 is 11.8 Å². The van der Waals surface area contributed by atoms with Gasteiger partial charge in [-0.25, -0.2) is 4.39 Å².